The first-order valence-corrected chi connectivity index (χ1v) is 9.31. The summed E-state index contributed by atoms with van der Waals surface area (Å²) >= 11 is 0. The molecule has 4 aromatic rings. The van der Waals surface area contributed by atoms with E-state index in [-0.39, 0.29) is 18.3 Å². The van der Waals surface area contributed by atoms with E-state index in [0.717, 1.165) is 16.5 Å². The fourth-order valence-electron chi connectivity index (χ4n) is 3.13. The summed E-state index contributed by atoms with van der Waals surface area (Å²) in [5, 5.41) is 4.93. The zero-order chi connectivity index (χ0) is 20.1. The minimum Gasteiger partial charge on any atom is -0.484 e. The van der Waals surface area contributed by atoms with E-state index in [1.54, 1.807) is 36.4 Å². The maximum atomic E-state index is 12.4. The smallest absolute Gasteiger partial charge is 0.262 e. The molecule has 4 rings (SSSR count). The number of hydrogen-bond donors (Lipinski definition) is 1. The normalized spacial score (nSPS) is 10.5. The number of amides is 1. The van der Waals surface area contributed by atoms with Gasteiger partial charge in [0.1, 0.15) is 5.75 Å². The van der Waals surface area contributed by atoms with E-state index in [1.807, 2.05) is 60.7 Å². The van der Waals surface area contributed by atoms with Crippen LogP contribution in [0.5, 0.6) is 5.75 Å². The molecule has 0 saturated carbocycles. The number of fused-ring (bicyclic) bond motifs is 1. The van der Waals surface area contributed by atoms with E-state index in [0.29, 0.717) is 16.9 Å². The highest BCUT2D eigenvalue weighted by atomic mass is 16.5. The van der Waals surface area contributed by atoms with Crippen LogP contribution in [0, 0.1) is 0 Å². The maximum Gasteiger partial charge on any atom is 0.262 e. The molecule has 0 aliphatic rings. The summed E-state index contributed by atoms with van der Waals surface area (Å²) in [4.78, 5) is 24.7. The summed E-state index contributed by atoms with van der Waals surface area (Å²) in [5.74, 6) is 0.235. The van der Waals surface area contributed by atoms with Gasteiger partial charge in [-0.05, 0) is 35.7 Å². The molecule has 0 unspecified atom stereocenters. The zero-order valence-electron chi connectivity index (χ0n) is 15.7. The minimum absolute atomic E-state index is 0.0501. The number of hydrogen-bond acceptors (Lipinski definition) is 3. The Bertz CT molecular complexity index is 1150. The van der Waals surface area contributed by atoms with Gasteiger partial charge in [-0.1, -0.05) is 66.7 Å². The van der Waals surface area contributed by atoms with Crippen LogP contribution in [0.2, 0.25) is 0 Å². The number of carbonyl (C=O) groups is 2. The number of anilines is 1. The second kappa shape index (κ2) is 8.40. The van der Waals surface area contributed by atoms with Crippen molar-refractivity contribution in [1.82, 2.24) is 0 Å². The third kappa shape index (κ3) is 4.33. The maximum absolute atomic E-state index is 12.4. The molecule has 0 radical (unpaired) electrons. The number of benzene rings is 4. The lowest BCUT2D eigenvalue weighted by Gasteiger charge is -2.10. The second-order valence-corrected chi connectivity index (χ2v) is 6.58. The van der Waals surface area contributed by atoms with Crippen molar-refractivity contribution in [2.45, 2.75) is 0 Å². The van der Waals surface area contributed by atoms with Crippen molar-refractivity contribution >= 4 is 28.2 Å². The van der Waals surface area contributed by atoms with Crippen LogP contribution < -0.4 is 10.1 Å². The van der Waals surface area contributed by atoms with Crippen molar-refractivity contribution < 1.29 is 14.3 Å². The van der Waals surface area contributed by atoms with Gasteiger partial charge in [0.2, 0.25) is 0 Å². The van der Waals surface area contributed by atoms with E-state index in [9.17, 15) is 9.59 Å². The number of ether oxygens (including phenoxy) is 1. The van der Waals surface area contributed by atoms with E-state index in [4.69, 9.17) is 4.74 Å². The lowest BCUT2D eigenvalue weighted by atomic mass is 10.0. The Morgan fingerprint density at radius 3 is 2.14 bits per heavy atom. The van der Waals surface area contributed by atoms with Crippen LogP contribution >= 0.6 is 0 Å². The molecule has 1 N–H and O–H groups in total. The first-order valence-electron chi connectivity index (χ1n) is 9.31. The molecule has 0 fully saturated rings. The molecule has 0 atom stereocenters. The van der Waals surface area contributed by atoms with E-state index in [1.165, 1.54) is 0 Å². The summed E-state index contributed by atoms with van der Waals surface area (Å²) in [6.07, 6.45) is 0. The Labute approximate surface area is 168 Å². The van der Waals surface area contributed by atoms with Gasteiger partial charge in [0, 0.05) is 22.2 Å². The van der Waals surface area contributed by atoms with Crippen molar-refractivity contribution in [2.24, 2.45) is 0 Å². The minimum atomic E-state index is -0.245. The summed E-state index contributed by atoms with van der Waals surface area (Å²) < 4.78 is 5.57. The number of ketones is 1. The molecule has 0 bridgehead atoms. The van der Waals surface area contributed by atoms with Gasteiger partial charge in [-0.2, -0.15) is 0 Å². The van der Waals surface area contributed by atoms with Crippen LogP contribution in [-0.2, 0) is 4.79 Å². The number of rotatable bonds is 6. The van der Waals surface area contributed by atoms with Crippen LogP contribution in [-0.4, -0.2) is 18.3 Å². The summed E-state index contributed by atoms with van der Waals surface area (Å²) in [7, 11) is 0. The van der Waals surface area contributed by atoms with Gasteiger partial charge in [0.15, 0.2) is 12.4 Å². The third-order valence-corrected chi connectivity index (χ3v) is 4.59. The topological polar surface area (TPSA) is 55.4 Å². The fourth-order valence-corrected chi connectivity index (χ4v) is 3.13. The Balaban J connectivity index is 1.37. The zero-order valence-corrected chi connectivity index (χ0v) is 15.7. The van der Waals surface area contributed by atoms with Gasteiger partial charge >= 0.3 is 0 Å². The SMILES string of the molecule is O=C(COc1ccc(C(=O)c2ccccc2)cc1)Nc1cccc2ccccc12. The van der Waals surface area contributed by atoms with Crippen molar-refractivity contribution in [3.8, 4) is 5.75 Å². The van der Waals surface area contributed by atoms with Gasteiger partial charge in [-0.25, -0.2) is 0 Å². The highest BCUT2D eigenvalue weighted by Gasteiger charge is 2.10. The molecule has 4 aromatic carbocycles. The molecule has 0 aliphatic heterocycles. The summed E-state index contributed by atoms with van der Waals surface area (Å²) in [5.41, 5.74) is 1.96. The average Bonchev–Trinajstić information content (AvgIpc) is 2.78. The average molecular weight is 381 g/mol. The molecular formula is C25H19NO3. The van der Waals surface area contributed by atoms with Gasteiger partial charge in [0.25, 0.3) is 5.91 Å². The first kappa shape index (κ1) is 18.4. The van der Waals surface area contributed by atoms with Crippen LogP contribution in [0.1, 0.15) is 15.9 Å². The highest BCUT2D eigenvalue weighted by molar-refractivity contribution is 6.09. The molecule has 0 spiro atoms. The first-order chi connectivity index (χ1) is 14.2. The van der Waals surface area contributed by atoms with Gasteiger partial charge in [0.05, 0.1) is 0 Å². The quantitative estimate of drug-likeness (QED) is 0.474. The van der Waals surface area contributed by atoms with Gasteiger partial charge in [-0.15, -0.1) is 0 Å². The molecule has 4 heteroatoms. The van der Waals surface area contributed by atoms with Crippen molar-refractivity contribution in [1.29, 1.82) is 0 Å². The third-order valence-electron chi connectivity index (χ3n) is 4.59. The lowest BCUT2D eigenvalue weighted by Crippen LogP contribution is -2.20. The van der Waals surface area contributed by atoms with E-state index in [2.05, 4.69) is 5.32 Å². The molecule has 142 valence electrons. The number of nitrogens with one attached hydrogen (secondary N) is 1. The standard InChI is InChI=1S/C25H19NO3/c27-24(26-23-12-6-10-18-7-4-5-11-22(18)23)17-29-21-15-13-20(14-16-21)25(28)19-8-2-1-3-9-19/h1-16H,17H2,(H,26,27). The second-order valence-electron chi connectivity index (χ2n) is 6.58. The monoisotopic (exact) mass is 381 g/mol. The summed E-state index contributed by atoms with van der Waals surface area (Å²) in [6.45, 7) is -0.116. The fraction of sp³-hybridized carbons (Fsp3) is 0.0400. The van der Waals surface area contributed by atoms with Gasteiger partial charge < -0.3 is 10.1 Å². The van der Waals surface area contributed by atoms with Gasteiger partial charge in [-0.3, -0.25) is 9.59 Å². The molecular weight excluding hydrogens is 362 g/mol. The Hall–Kier alpha value is -3.92. The predicted octanol–water partition coefficient (Wildman–Crippen LogP) is 5.09. The molecule has 0 aromatic heterocycles. The largest absolute Gasteiger partial charge is 0.484 e. The van der Waals surface area contributed by atoms with Crippen LogP contribution in [0.15, 0.2) is 97.1 Å². The van der Waals surface area contributed by atoms with Crippen molar-refractivity contribution in [2.75, 3.05) is 11.9 Å². The van der Waals surface area contributed by atoms with Crippen LogP contribution in [0.4, 0.5) is 5.69 Å². The molecule has 0 aliphatic carbocycles. The van der Waals surface area contributed by atoms with Crippen LogP contribution in [0.25, 0.3) is 10.8 Å². The van der Waals surface area contributed by atoms with Crippen molar-refractivity contribution in [3.05, 3.63) is 108 Å². The summed E-state index contributed by atoms with van der Waals surface area (Å²) in [6, 6.07) is 29.5. The van der Waals surface area contributed by atoms with Crippen molar-refractivity contribution in [3.63, 3.8) is 0 Å². The van der Waals surface area contributed by atoms with E-state index >= 15 is 0 Å². The molecule has 29 heavy (non-hydrogen) atoms. The molecule has 0 saturated heterocycles. The Kier molecular flexibility index (Phi) is 5.34. The Morgan fingerprint density at radius 2 is 1.34 bits per heavy atom. The molecule has 0 heterocycles. The molecule has 1 amide bonds. The van der Waals surface area contributed by atoms with E-state index < -0.39 is 0 Å². The Morgan fingerprint density at radius 1 is 0.690 bits per heavy atom. The lowest BCUT2D eigenvalue weighted by molar-refractivity contribution is -0.118. The molecule has 4 nitrogen and oxygen atoms in total. The highest BCUT2D eigenvalue weighted by Crippen LogP contribution is 2.23. The number of carbonyl (C=O) groups excluding carboxylic acids is 2. The predicted molar refractivity (Wildman–Crippen MR) is 114 cm³/mol. The van der Waals surface area contributed by atoms with Crippen LogP contribution in [0.3, 0.4) is 0 Å².